The molecule has 6 nitrogen and oxygen atoms in total. The SMILES string of the molecule is Cc1ccc(Nc2ccc(N(C)C)nc2)c([N+](=O)[O-])c1. The zero-order valence-corrected chi connectivity index (χ0v) is 11.6. The molecule has 0 unspecified atom stereocenters. The maximum absolute atomic E-state index is 11.1. The van der Waals surface area contributed by atoms with E-state index in [1.54, 1.807) is 18.3 Å². The van der Waals surface area contributed by atoms with Gasteiger partial charge in [-0.05, 0) is 30.7 Å². The van der Waals surface area contributed by atoms with Crippen LogP contribution in [0.4, 0.5) is 22.9 Å². The Bertz CT molecular complexity index is 624. The van der Waals surface area contributed by atoms with Crippen molar-refractivity contribution in [1.82, 2.24) is 4.98 Å². The summed E-state index contributed by atoms with van der Waals surface area (Å²) in [6, 6.07) is 8.77. The number of aryl methyl sites for hydroxylation is 1. The van der Waals surface area contributed by atoms with Crippen LogP contribution in [-0.2, 0) is 0 Å². The monoisotopic (exact) mass is 272 g/mol. The minimum absolute atomic E-state index is 0.0571. The number of hydrogen-bond acceptors (Lipinski definition) is 5. The number of anilines is 3. The number of pyridine rings is 1. The molecular formula is C14H16N4O2. The average Bonchev–Trinajstić information content (AvgIpc) is 2.41. The summed E-state index contributed by atoms with van der Waals surface area (Å²) in [6.07, 6.45) is 1.65. The quantitative estimate of drug-likeness (QED) is 0.684. The molecule has 0 aliphatic rings. The van der Waals surface area contributed by atoms with Gasteiger partial charge in [0.2, 0.25) is 0 Å². The molecule has 0 fully saturated rings. The molecule has 0 amide bonds. The minimum atomic E-state index is -0.392. The summed E-state index contributed by atoms with van der Waals surface area (Å²) in [5.74, 6) is 0.828. The van der Waals surface area contributed by atoms with E-state index in [1.165, 1.54) is 0 Å². The molecule has 0 spiro atoms. The van der Waals surface area contributed by atoms with E-state index in [-0.39, 0.29) is 5.69 Å². The average molecular weight is 272 g/mol. The molecule has 0 saturated carbocycles. The van der Waals surface area contributed by atoms with Gasteiger partial charge in [0.1, 0.15) is 11.5 Å². The van der Waals surface area contributed by atoms with E-state index in [4.69, 9.17) is 0 Å². The molecule has 1 aromatic heterocycles. The molecule has 0 atom stereocenters. The molecule has 0 saturated heterocycles. The van der Waals surface area contributed by atoms with Crippen LogP contribution in [-0.4, -0.2) is 24.0 Å². The van der Waals surface area contributed by atoms with Gasteiger partial charge >= 0.3 is 0 Å². The van der Waals surface area contributed by atoms with Gasteiger partial charge in [-0.15, -0.1) is 0 Å². The summed E-state index contributed by atoms with van der Waals surface area (Å²) in [4.78, 5) is 16.8. The Hall–Kier alpha value is -2.63. The van der Waals surface area contributed by atoms with Gasteiger partial charge in [-0.25, -0.2) is 4.98 Å². The van der Waals surface area contributed by atoms with Crippen molar-refractivity contribution in [3.63, 3.8) is 0 Å². The van der Waals surface area contributed by atoms with Crippen molar-refractivity contribution < 1.29 is 4.92 Å². The van der Waals surface area contributed by atoms with Crippen molar-refractivity contribution in [1.29, 1.82) is 0 Å². The number of hydrogen-bond donors (Lipinski definition) is 1. The zero-order valence-electron chi connectivity index (χ0n) is 11.6. The summed E-state index contributed by atoms with van der Waals surface area (Å²) in [5, 5.41) is 14.1. The van der Waals surface area contributed by atoms with Crippen LogP contribution in [0.1, 0.15) is 5.56 Å². The number of nitrogens with one attached hydrogen (secondary N) is 1. The summed E-state index contributed by atoms with van der Waals surface area (Å²) in [7, 11) is 3.81. The fourth-order valence-electron chi connectivity index (χ4n) is 1.78. The number of aromatic nitrogens is 1. The molecule has 2 rings (SSSR count). The lowest BCUT2D eigenvalue weighted by Gasteiger charge is -2.12. The van der Waals surface area contributed by atoms with Crippen molar-refractivity contribution in [3.8, 4) is 0 Å². The molecule has 1 heterocycles. The van der Waals surface area contributed by atoms with Crippen LogP contribution < -0.4 is 10.2 Å². The molecule has 1 aromatic carbocycles. The molecule has 0 bridgehead atoms. The fraction of sp³-hybridized carbons (Fsp3) is 0.214. The molecule has 0 aliphatic carbocycles. The lowest BCUT2D eigenvalue weighted by atomic mass is 10.2. The van der Waals surface area contributed by atoms with E-state index in [2.05, 4.69) is 10.3 Å². The highest BCUT2D eigenvalue weighted by Gasteiger charge is 2.13. The summed E-state index contributed by atoms with van der Waals surface area (Å²) in [5.41, 5.74) is 2.08. The highest BCUT2D eigenvalue weighted by atomic mass is 16.6. The highest BCUT2D eigenvalue weighted by molar-refractivity contribution is 5.70. The minimum Gasteiger partial charge on any atom is -0.363 e. The Kier molecular flexibility index (Phi) is 3.84. The van der Waals surface area contributed by atoms with Crippen LogP contribution in [0.5, 0.6) is 0 Å². The van der Waals surface area contributed by atoms with Crippen LogP contribution >= 0.6 is 0 Å². The molecule has 0 aliphatic heterocycles. The van der Waals surface area contributed by atoms with Crippen molar-refractivity contribution in [2.24, 2.45) is 0 Å². The first-order valence-electron chi connectivity index (χ1n) is 6.13. The van der Waals surface area contributed by atoms with E-state index in [1.807, 2.05) is 44.1 Å². The Labute approximate surface area is 117 Å². The predicted molar refractivity (Wildman–Crippen MR) is 79.7 cm³/mol. The van der Waals surface area contributed by atoms with Crippen molar-refractivity contribution >= 4 is 22.9 Å². The van der Waals surface area contributed by atoms with Crippen LogP contribution in [0, 0.1) is 17.0 Å². The van der Waals surface area contributed by atoms with E-state index < -0.39 is 4.92 Å². The standard InChI is InChI=1S/C14H16N4O2/c1-10-4-6-12(13(8-10)18(19)20)16-11-5-7-14(15-9-11)17(2)3/h4-9,16H,1-3H3. The number of rotatable bonds is 4. The van der Waals surface area contributed by atoms with Crippen molar-refractivity contribution in [2.75, 3.05) is 24.3 Å². The molecule has 1 N–H and O–H groups in total. The lowest BCUT2D eigenvalue weighted by molar-refractivity contribution is -0.384. The first-order valence-corrected chi connectivity index (χ1v) is 6.13. The van der Waals surface area contributed by atoms with Gasteiger partial charge in [-0.3, -0.25) is 10.1 Å². The highest BCUT2D eigenvalue weighted by Crippen LogP contribution is 2.28. The Morgan fingerprint density at radius 1 is 1.25 bits per heavy atom. The zero-order chi connectivity index (χ0) is 14.7. The number of nitrogens with zero attached hydrogens (tertiary/aromatic N) is 3. The summed E-state index contributed by atoms with van der Waals surface area (Å²) in [6.45, 7) is 1.82. The maximum atomic E-state index is 11.1. The Morgan fingerprint density at radius 2 is 2.00 bits per heavy atom. The van der Waals surface area contributed by atoms with Crippen LogP contribution in [0.25, 0.3) is 0 Å². The van der Waals surface area contributed by atoms with Crippen molar-refractivity contribution in [3.05, 3.63) is 52.2 Å². The van der Waals surface area contributed by atoms with Gasteiger partial charge in [-0.1, -0.05) is 6.07 Å². The van der Waals surface area contributed by atoms with Gasteiger partial charge in [0.15, 0.2) is 0 Å². The summed E-state index contributed by atoms with van der Waals surface area (Å²) < 4.78 is 0. The maximum Gasteiger partial charge on any atom is 0.292 e. The third-order valence-corrected chi connectivity index (χ3v) is 2.84. The van der Waals surface area contributed by atoms with Gasteiger partial charge in [0, 0.05) is 20.2 Å². The topological polar surface area (TPSA) is 71.3 Å². The summed E-state index contributed by atoms with van der Waals surface area (Å²) >= 11 is 0. The van der Waals surface area contributed by atoms with Crippen LogP contribution in [0.3, 0.4) is 0 Å². The molecule has 20 heavy (non-hydrogen) atoms. The third-order valence-electron chi connectivity index (χ3n) is 2.84. The van der Waals surface area contributed by atoms with Gasteiger partial charge in [0.25, 0.3) is 5.69 Å². The largest absolute Gasteiger partial charge is 0.363 e. The second-order valence-electron chi connectivity index (χ2n) is 4.70. The van der Waals surface area contributed by atoms with Crippen LogP contribution in [0.15, 0.2) is 36.5 Å². The van der Waals surface area contributed by atoms with E-state index >= 15 is 0 Å². The van der Waals surface area contributed by atoms with E-state index in [9.17, 15) is 10.1 Å². The number of benzene rings is 1. The smallest absolute Gasteiger partial charge is 0.292 e. The van der Waals surface area contributed by atoms with Gasteiger partial charge < -0.3 is 10.2 Å². The fourth-order valence-corrected chi connectivity index (χ4v) is 1.78. The third kappa shape index (κ3) is 3.03. The second-order valence-corrected chi connectivity index (χ2v) is 4.70. The Balaban J connectivity index is 2.28. The lowest BCUT2D eigenvalue weighted by Crippen LogP contribution is -2.10. The number of nitro groups is 1. The molecule has 2 aromatic rings. The van der Waals surface area contributed by atoms with E-state index in [0.717, 1.165) is 11.4 Å². The first kappa shape index (κ1) is 13.8. The molecular weight excluding hydrogens is 256 g/mol. The normalized spacial score (nSPS) is 10.2. The van der Waals surface area contributed by atoms with Gasteiger partial charge in [0.05, 0.1) is 16.8 Å². The van der Waals surface area contributed by atoms with E-state index in [0.29, 0.717) is 11.4 Å². The van der Waals surface area contributed by atoms with Gasteiger partial charge in [-0.2, -0.15) is 0 Å². The first-order chi connectivity index (χ1) is 9.47. The van der Waals surface area contributed by atoms with Crippen LogP contribution in [0.2, 0.25) is 0 Å². The molecule has 104 valence electrons. The van der Waals surface area contributed by atoms with Crippen molar-refractivity contribution in [2.45, 2.75) is 6.92 Å². The number of nitro benzene ring substituents is 1. The molecule has 6 heteroatoms. The molecule has 0 radical (unpaired) electrons. The Morgan fingerprint density at radius 3 is 2.55 bits per heavy atom. The second kappa shape index (κ2) is 5.56. The predicted octanol–water partition coefficient (Wildman–Crippen LogP) is 3.11.